The minimum atomic E-state index is -4.55. The molecule has 116 valence electrons. The summed E-state index contributed by atoms with van der Waals surface area (Å²) in [5.74, 6) is 0.322. The van der Waals surface area contributed by atoms with Crippen molar-refractivity contribution in [3.8, 4) is 0 Å². The van der Waals surface area contributed by atoms with Crippen molar-refractivity contribution in [3.05, 3.63) is 20.4 Å². The molecule has 1 aliphatic rings. The summed E-state index contributed by atoms with van der Waals surface area (Å²) >= 11 is 7.22. The van der Waals surface area contributed by atoms with Crippen LogP contribution in [0.15, 0.2) is 6.07 Å². The van der Waals surface area contributed by atoms with Crippen molar-refractivity contribution < 1.29 is 23.1 Å². The first-order valence-electron chi connectivity index (χ1n) is 5.86. The zero-order valence-electron chi connectivity index (χ0n) is 10.5. The van der Waals surface area contributed by atoms with Crippen molar-refractivity contribution in [1.29, 1.82) is 0 Å². The molecule has 1 aliphatic heterocycles. The van der Waals surface area contributed by atoms with Crippen molar-refractivity contribution >= 4 is 46.1 Å². The first-order chi connectivity index (χ1) is 9.70. The van der Waals surface area contributed by atoms with Gasteiger partial charge in [0.05, 0.1) is 0 Å². The van der Waals surface area contributed by atoms with Crippen LogP contribution in [-0.4, -0.2) is 47.3 Å². The molecule has 0 bridgehead atoms. The molecule has 0 atom stereocenters. The second-order valence-corrected chi connectivity index (χ2v) is 5.90. The number of aromatic nitrogens is 1. The Balaban J connectivity index is 2.22. The molecule has 5 nitrogen and oxygen atoms in total. The van der Waals surface area contributed by atoms with E-state index in [0.717, 1.165) is 0 Å². The van der Waals surface area contributed by atoms with E-state index in [4.69, 9.17) is 16.7 Å². The normalized spacial score (nSPS) is 16.2. The minimum Gasteiger partial charge on any atom is -0.465 e. The van der Waals surface area contributed by atoms with Crippen LogP contribution in [0.2, 0.25) is 5.15 Å². The second-order valence-electron chi connectivity index (χ2n) is 4.38. The Hall–Kier alpha value is -0.970. The van der Waals surface area contributed by atoms with Crippen molar-refractivity contribution in [2.75, 3.05) is 31.1 Å². The number of hydrogen-bond acceptors (Lipinski definition) is 3. The lowest BCUT2D eigenvalue weighted by Crippen LogP contribution is -2.48. The number of amides is 1. The van der Waals surface area contributed by atoms with E-state index in [1.165, 1.54) is 11.0 Å². The van der Waals surface area contributed by atoms with Gasteiger partial charge in [0.2, 0.25) is 0 Å². The third-order valence-corrected chi connectivity index (χ3v) is 4.20. The molecule has 0 aliphatic carbocycles. The molecule has 0 radical (unpaired) electrons. The number of alkyl halides is 3. The van der Waals surface area contributed by atoms with Crippen LogP contribution in [0.4, 0.5) is 23.8 Å². The van der Waals surface area contributed by atoms with E-state index in [9.17, 15) is 18.0 Å². The van der Waals surface area contributed by atoms with Gasteiger partial charge in [0.1, 0.15) is 16.5 Å². The molecule has 0 aromatic carbocycles. The van der Waals surface area contributed by atoms with Gasteiger partial charge in [0.25, 0.3) is 0 Å². The molecule has 1 saturated heterocycles. The van der Waals surface area contributed by atoms with E-state index in [1.807, 2.05) is 0 Å². The van der Waals surface area contributed by atoms with Crippen LogP contribution in [0.3, 0.4) is 0 Å². The number of rotatable bonds is 1. The van der Waals surface area contributed by atoms with Crippen molar-refractivity contribution in [1.82, 2.24) is 9.88 Å². The van der Waals surface area contributed by atoms with E-state index in [2.05, 4.69) is 4.98 Å². The number of nitrogens with zero attached hydrogens (tertiary/aromatic N) is 3. The number of piperazine rings is 1. The van der Waals surface area contributed by atoms with Gasteiger partial charge in [-0.25, -0.2) is 9.78 Å². The highest BCUT2D eigenvalue weighted by Crippen LogP contribution is 2.38. The summed E-state index contributed by atoms with van der Waals surface area (Å²) in [6, 6.07) is 1.31. The van der Waals surface area contributed by atoms with Gasteiger partial charge in [-0.2, -0.15) is 13.2 Å². The van der Waals surface area contributed by atoms with Crippen LogP contribution >= 0.6 is 34.2 Å². The molecule has 21 heavy (non-hydrogen) atoms. The molecule has 2 heterocycles. The van der Waals surface area contributed by atoms with E-state index in [1.54, 1.807) is 27.5 Å². The maximum absolute atomic E-state index is 12.8. The molecule has 1 N–H and O–H groups in total. The molecular weight excluding hydrogens is 425 g/mol. The molecule has 1 fully saturated rings. The largest absolute Gasteiger partial charge is 0.465 e. The molecule has 1 amide bonds. The van der Waals surface area contributed by atoms with Crippen molar-refractivity contribution in [2.24, 2.45) is 0 Å². The van der Waals surface area contributed by atoms with Crippen molar-refractivity contribution in [3.63, 3.8) is 0 Å². The van der Waals surface area contributed by atoms with E-state index in [-0.39, 0.29) is 16.7 Å². The third kappa shape index (κ3) is 3.62. The predicted octanol–water partition coefficient (Wildman–Crippen LogP) is 3.16. The average Bonchev–Trinajstić information content (AvgIpc) is 2.36. The predicted molar refractivity (Wildman–Crippen MR) is 78.8 cm³/mol. The van der Waals surface area contributed by atoms with Gasteiger partial charge in [-0.1, -0.05) is 11.6 Å². The fourth-order valence-electron chi connectivity index (χ4n) is 2.01. The summed E-state index contributed by atoms with van der Waals surface area (Å²) in [6.45, 7) is 1.26. The quantitative estimate of drug-likeness (QED) is 0.544. The van der Waals surface area contributed by atoms with Crippen LogP contribution in [0, 0.1) is 3.57 Å². The highest BCUT2D eigenvalue weighted by molar-refractivity contribution is 14.1. The van der Waals surface area contributed by atoms with Gasteiger partial charge >= 0.3 is 12.3 Å². The van der Waals surface area contributed by atoms with E-state index >= 15 is 0 Å². The van der Waals surface area contributed by atoms with Crippen LogP contribution in [0.1, 0.15) is 5.56 Å². The standard InChI is InChI=1S/C11H10ClF3IN3O2/c12-9-8(11(13,14)15)6(16)5-7(17-9)18-1-3-19(4-2-18)10(20)21/h5H,1-4H2,(H,20,21). The van der Waals surface area contributed by atoms with Gasteiger partial charge in [-0.3, -0.25) is 0 Å². The minimum absolute atomic E-state index is 0.0317. The second kappa shape index (κ2) is 6.03. The van der Waals surface area contributed by atoms with Crippen LogP contribution in [0.5, 0.6) is 0 Å². The highest BCUT2D eigenvalue weighted by atomic mass is 127. The van der Waals surface area contributed by atoms with Gasteiger partial charge in [0.15, 0.2) is 0 Å². The molecule has 2 rings (SSSR count). The fraction of sp³-hybridized carbons (Fsp3) is 0.455. The molecule has 0 saturated carbocycles. The molecule has 1 aromatic rings. The van der Waals surface area contributed by atoms with Gasteiger partial charge < -0.3 is 14.9 Å². The van der Waals surface area contributed by atoms with Crippen molar-refractivity contribution in [2.45, 2.75) is 6.18 Å². The maximum atomic E-state index is 12.8. The van der Waals surface area contributed by atoms with Gasteiger partial charge in [-0.05, 0) is 28.7 Å². The Bertz CT molecular complexity index is 539. The summed E-state index contributed by atoms with van der Waals surface area (Å²) in [4.78, 5) is 17.6. The van der Waals surface area contributed by atoms with E-state index < -0.39 is 23.0 Å². The Morgan fingerprint density at radius 2 is 1.90 bits per heavy atom. The Morgan fingerprint density at radius 1 is 1.33 bits per heavy atom. The van der Waals surface area contributed by atoms with Gasteiger partial charge in [-0.15, -0.1) is 0 Å². The van der Waals surface area contributed by atoms with Gasteiger partial charge in [0, 0.05) is 29.7 Å². The monoisotopic (exact) mass is 435 g/mol. The molecule has 10 heteroatoms. The zero-order valence-corrected chi connectivity index (χ0v) is 13.4. The van der Waals surface area contributed by atoms with Crippen LogP contribution in [0.25, 0.3) is 0 Å². The fourth-order valence-corrected chi connectivity index (χ4v) is 3.31. The van der Waals surface area contributed by atoms with Crippen LogP contribution < -0.4 is 4.90 Å². The lowest BCUT2D eigenvalue weighted by molar-refractivity contribution is -0.138. The smallest absolute Gasteiger partial charge is 0.420 e. The zero-order chi connectivity index (χ0) is 15.8. The highest BCUT2D eigenvalue weighted by Gasteiger charge is 2.37. The topological polar surface area (TPSA) is 56.7 Å². The Labute approximate surface area is 136 Å². The first-order valence-corrected chi connectivity index (χ1v) is 7.32. The summed E-state index contributed by atoms with van der Waals surface area (Å²) in [6.07, 6.45) is -5.57. The Morgan fingerprint density at radius 3 is 2.33 bits per heavy atom. The van der Waals surface area contributed by atoms with E-state index in [0.29, 0.717) is 18.9 Å². The maximum Gasteiger partial charge on any atom is 0.420 e. The summed E-state index contributed by atoms with van der Waals surface area (Å²) in [5, 5.41) is 8.26. The number of carbonyl (C=O) groups is 1. The van der Waals surface area contributed by atoms with Crippen LogP contribution in [-0.2, 0) is 6.18 Å². The molecular formula is C11H10ClF3IN3O2. The summed E-state index contributed by atoms with van der Waals surface area (Å²) < 4.78 is 38.4. The lowest BCUT2D eigenvalue weighted by Gasteiger charge is -2.34. The number of hydrogen-bond donors (Lipinski definition) is 1. The average molecular weight is 436 g/mol. The SMILES string of the molecule is O=C(O)N1CCN(c2cc(I)c(C(F)(F)F)c(Cl)n2)CC1. The molecule has 0 unspecified atom stereocenters. The Kier molecular flexibility index (Phi) is 4.71. The number of anilines is 1. The number of carboxylic acid groups (broad SMARTS) is 1. The number of halogens is 5. The molecule has 0 spiro atoms. The first kappa shape index (κ1) is 16.4. The molecule has 1 aromatic heterocycles. The summed E-state index contributed by atoms with van der Waals surface area (Å²) in [7, 11) is 0. The summed E-state index contributed by atoms with van der Waals surface area (Å²) in [5.41, 5.74) is -0.947. The lowest BCUT2D eigenvalue weighted by atomic mass is 10.2. The number of pyridine rings is 1. The third-order valence-electron chi connectivity index (χ3n) is 3.07.